The number of rotatable bonds is 4. The van der Waals surface area contributed by atoms with Crippen molar-refractivity contribution in [3.05, 3.63) is 52.4 Å². The Bertz CT molecular complexity index is 1330. The van der Waals surface area contributed by atoms with Gasteiger partial charge < -0.3 is 15.1 Å². The number of carbonyl (C=O) groups excluding carboxylic acids is 2. The molecule has 0 atom stereocenters. The lowest BCUT2D eigenvalue weighted by Crippen LogP contribution is -2.28. The summed E-state index contributed by atoms with van der Waals surface area (Å²) in [5.41, 5.74) is -0.644. The lowest BCUT2D eigenvalue weighted by molar-refractivity contribution is -0.123. The van der Waals surface area contributed by atoms with Crippen LogP contribution in [0, 0.1) is 16.6 Å². The Morgan fingerprint density at radius 1 is 0.882 bits per heavy atom. The molecular weight excluding hydrogens is 455 g/mol. The first-order valence-electron chi connectivity index (χ1n) is 10.8. The highest BCUT2D eigenvalue weighted by molar-refractivity contribution is 7.98. The van der Waals surface area contributed by atoms with E-state index >= 15 is 0 Å². The maximum absolute atomic E-state index is 14.8. The molecule has 0 fully saturated rings. The minimum absolute atomic E-state index is 0.0451. The van der Waals surface area contributed by atoms with Crippen molar-refractivity contribution >= 4 is 45.9 Å². The predicted molar refractivity (Wildman–Crippen MR) is 136 cm³/mol. The maximum atomic E-state index is 14.8. The van der Waals surface area contributed by atoms with Gasteiger partial charge in [-0.15, -0.1) is 11.8 Å². The van der Waals surface area contributed by atoms with Gasteiger partial charge in [-0.2, -0.15) is 0 Å². The molecule has 3 aromatic rings. The van der Waals surface area contributed by atoms with E-state index in [0.29, 0.717) is 11.3 Å². The van der Waals surface area contributed by atoms with Gasteiger partial charge in [0.05, 0.1) is 16.8 Å². The van der Waals surface area contributed by atoms with Crippen LogP contribution in [0.2, 0.25) is 0 Å². The summed E-state index contributed by atoms with van der Waals surface area (Å²) in [6.07, 6.45) is 1.87. The molecule has 0 unspecified atom stereocenters. The third-order valence-corrected chi connectivity index (χ3v) is 5.86. The van der Waals surface area contributed by atoms with Gasteiger partial charge in [0.25, 0.3) is 0 Å². The van der Waals surface area contributed by atoms with Crippen LogP contribution in [0.1, 0.15) is 41.5 Å². The Morgan fingerprint density at radius 2 is 1.47 bits per heavy atom. The molecule has 180 valence electrons. The van der Waals surface area contributed by atoms with Crippen molar-refractivity contribution < 1.29 is 18.4 Å². The average molecular weight is 485 g/mol. The monoisotopic (exact) mass is 484 g/mol. The summed E-state index contributed by atoms with van der Waals surface area (Å²) < 4.78 is 20.7. The SMILES string of the molecule is CSc1cc(NC(=O)C(C)(C)C)c2c(=O)cc(-c3ccc(NC(=O)C(C)(C)C)c(F)c3)oc2c1. The van der Waals surface area contributed by atoms with Gasteiger partial charge >= 0.3 is 0 Å². The van der Waals surface area contributed by atoms with E-state index in [1.807, 2.05) is 6.26 Å². The second kappa shape index (κ2) is 9.25. The van der Waals surface area contributed by atoms with Crippen molar-refractivity contribution in [2.45, 2.75) is 46.4 Å². The van der Waals surface area contributed by atoms with Gasteiger partial charge in [-0.1, -0.05) is 41.5 Å². The predicted octanol–water partition coefficient (Wildman–Crippen LogP) is 6.29. The molecule has 8 heteroatoms. The van der Waals surface area contributed by atoms with E-state index in [1.165, 1.54) is 30.0 Å². The van der Waals surface area contributed by atoms with Crippen molar-refractivity contribution in [2.75, 3.05) is 16.9 Å². The lowest BCUT2D eigenvalue weighted by atomic mass is 9.95. The largest absolute Gasteiger partial charge is 0.456 e. The number of hydrogen-bond acceptors (Lipinski definition) is 5. The maximum Gasteiger partial charge on any atom is 0.229 e. The number of hydrogen-bond donors (Lipinski definition) is 2. The summed E-state index contributed by atoms with van der Waals surface area (Å²) in [4.78, 5) is 38.6. The number of nitrogens with one attached hydrogen (secondary N) is 2. The van der Waals surface area contributed by atoms with Crippen molar-refractivity contribution in [1.29, 1.82) is 0 Å². The first kappa shape index (κ1) is 25.5. The van der Waals surface area contributed by atoms with Gasteiger partial charge in [0.2, 0.25) is 11.8 Å². The number of thioether (sulfide) groups is 1. The number of carbonyl (C=O) groups is 2. The summed E-state index contributed by atoms with van der Waals surface area (Å²) in [5.74, 6) is -1.01. The van der Waals surface area contributed by atoms with E-state index in [4.69, 9.17) is 4.42 Å². The second-order valence-corrected chi connectivity index (χ2v) is 11.0. The van der Waals surface area contributed by atoms with E-state index < -0.39 is 16.6 Å². The molecule has 0 aliphatic carbocycles. The van der Waals surface area contributed by atoms with Gasteiger partial charge in [0.15, 0.2) is 5.43 Å². The van der Waals surface area contributed by atoms with Gasteiger partial charge in [-0.25, -0.2) is 4.39 Å². The van der Waals surface area contributed by atoms with E-state index in [9.17, 15) is 18.8 Å². The summed E-state index contributed by atoms with van der Waals surface area (Å²) in [6, 6.07) is 8.95. The molecule has 3 rings (SSSR count). The number of anilines is 2. The van der Waals surface area contributed by atoms with Crippen LogP contribution in [0.4, 0.5) is 15.8 Å². The minimum Gasteiger partial charge on any atom is -0.456 e. The summed E-state index contributed by atoms with van der Waals surface area (Å²) in [6.45, 7) is 10.6. The summed E-state index contributed by atoms with van der Waals surface area (Å²) in [7, 11) is 0. The Labute approximate surface area is 202 Å². The number of fused-ring (bicyclic) bond motifs is 1. The van der Waals surface area contributed by atoms with Crippen molar-refractivity contribution in [1.82, 2.24) is 0 Å². The summed E-state index contributed by atoms with van der Waals surface area (Å²) in [5, 5.41) is 5.65. The molecule has 0 radical (unpaired) electrons. The van der Waals surface area contributed by atoms with Crippen LogP contribution in [0.25, 0.3) is 22.3 Å². The van der Waals surface area contributed by atoms with Crippen LogP contribution < -0.4 is 16.1 Å². The molecule has 2 aromatic carbocycles. The smallest absolute Gasteiger partial charge is 0.229 e. The number of benzene rings is 2. The third kappa shape index (κ3) is 5.50. The first-order valence-corrected chi connectivity index (χ1v) is 12.0. The number of halogens is 1. The van der Waals surface area contributed by atoms with E-state index in [1.54, 1.807) is 59.7 Å². The van der Waals surface area contributed by atoms with Crippen LogP contribution >= 0.6 is 11.8 Å². The standard InChI is InChI=1S/C26H29FN2O4S/c1-25(2,3)23(31)28-17-9-8-14(10-16(17)27)20-13-19(30)22-18(29-24(32)26(4,5)6)11-15(34-7)12-21(22)33-20/h8-13H,1-7H3,(H,28,31)(H,29,32). The van der Waals surface area contributed by atoms with Crippen molar-refractivity contribution in [2.24, 2.45) is 10.8 Å². The van der Waals surface area contributed by atoms with Crippen LogP contribution in [0.3, 0.4) is 0 Å². The van der Waals surface area contributed by atoms with Crippen LogP contribution in [0.15, 0.2) is 50.5 Å². The van der Waals surface area contributed by atoms with Crippen LogP contribution in [-0.4, -0.2) is 18.1 Å². The van der Waals surface area contributed by atoms with E-state index in [2.05, 4.69) is 10.6 Å². The molecule has 0 saturated carbocycles. The van der Waals surface area contributed by atoms with Crippen LogP contribution in [-0.2, 0) is 9.59 Å². The van der Waals surface area contributed by atoms with Crippen molar-refractivity contribution in [3.8, 4) is 11.3 Å². The van der Waals surface area contributed by atoms with Gasteiger partial charge in [-0.3, -0.25) is 14.4 Å². The Balaban J connectivity index is 2.07. The molecule has 0 spiro atoms. The second-order valence-electron chi connectivity index (χ2n) is 10.1. The molecular formula is C26H29FN2O4S. The zero-order valence-corrected chi connectivity index (χ0v) is 21.2. The molecule has 2 amide bonds. The molecule has 6 nitrogen and oxygen atoms in total. The molecule has 0 bridgehead atoms. The highest BCUT2D eigenvalue weighted by atomic mass is 32.2. The Kier molecular flexibility index (Phi) is 6.94. The highest BCUT2D eigenvalue weighted by Crippen LogP contribution is 2.32. The topological polar surface area (TPSA) is 88.4 Å². The van der Waals surface area contributed by atoms with Gasteiger partial charge in [0.1, 0.15) is 17.2 Å². The molecule has 34 heavy (non-hydrogen) atoms. The third-order valence-electron chi connectivity index (χ3n) is 5.15. The minimum atomic E-state index is -0.675. The molecule has 0 aliphatic heterocycles. The quantitative estimate of drug-likeness (QED) is 0.425. The fraction of sp³-hybridized carbons (Fsp3) is 0.346. The molecule has 0 saturated heterocycles. The zero-order valence-electron chi connectivity index (χ0n) is 20.4. The van der Waals surface area contributed by atoms with Crippen LogP contribution in [0.5, 0.6) is 0 Å². The first-order chi connectivity index (χ1) is 15.7. The molecule has 2 N–H and O–H groups in total. The molecule has 0 aliphatic rings. The summed E-state index contributed by atoms with van der Waals surface area (Å²) >= 11 is 1.44. The Morgan fingerprint density at radius 3 is 2.00 bits per heavy atom. The zero-order chi connectivity index (χ0) is 25.4. The van der Waals surface area contributed by atoms with E-state index in [-0.39, 0.29) is 39.7 Å². The van der Waals surface area contributed by atoms with Crippen molar-refractivity contribution in [3.63, 3.8) is 0 Å². The Hall–Kier alpha value is -3.13. The number of amides is 2. The molecule has 1 heterocycles. The average Bonchev–Trinajstić information content (AvgIpc) is 2.73. The normalized spacial score (nSPS) is 12.0. The van der Waals surface area contributed by atoms with Gasteiger partial charge in [0, 0.05) is 27.4 Å². The fourth-order valence-electron chi connectivity index (χ4n) is 3.01. The van der Waals surface area contributed by atoms with Gasteiger partial charge in [-0.05, 0) is 36.6 Å². The lowest BCUT2D eigenvalue weighted by Gasteiger charge is -2.19. The highest BCUT2D eigenvalue weighted by Gasteiger charge is 2.24. The van der Waals surface area contributed by atoms with E-state index in [0.717, 1.165) is 4.90 Å². The fourth-order valence-corrected chi connectivity index (χ4v) is 3.47. The molecule has 1 aromatic heterocycles.